The monoisotopic (exact) mass is 215 g/mol. The molecule has 3 heteroatoms. The van der Waals surface area contributed by atoms with E-state index in [9.17, 15) is 9.59 Å². The molecule has 0 fully saturated rings. The van der Waals surface area contributed by atoms with Crippen LogP contribution in [-0.2, 0) is 4.79 Å². The first kappa shape index (κ1) is 12.0. The summed E-state index contributed by atoms with van der Waals surface area (Å²) in [5, 5.41) is 2.57. The highest BCUT2D eigenvalue weighted by Gasteiger charge is 1.98. The van der Waals surface area contributed by atoms with E-state index in [1.165, 1.54) is 0 Å². The topological polar surface area (TPSA) is 46.2 Å². The van der Waals surface area contributed by atoms with Crippen molar-refractivity contribution in [3.63, 3.8) is 0 Å². The zero-order valence-corrected chi connectivity index (χ0v) is 9.12. The first-order chi connectivity index (χ1) is 7.74. The van der Waals surface area contributed by atoms with Crippen LogP contribution in [0.1, 0.15) is 23.7 Å². The van der Waals surface area contributed by atoms with Gasteiger partial charge >= 0.3 is 0 Å². The Bertz CT molecular complexity index is 426. The molecule has 1 aromatic carbocycles. The lowest BCUT2D eigenvalue weighted by molar-refractivity contribution is -0.120. The Balaban J connectivity index is 2.47. The molecular weight excluding hydrogens is 202 g/mol. The van der Waals surface area contributed by atoms with Gasteiger partial charge in [0.05, 0.1) is 6.54 Å². The number of hydrogen-bond donors (Lipinski definition) is 1. The van der Waals surface area contributed by atoms with Crippen LogP contribution in [0.5, 0.6) is 0 Å². The van der Waals surface area contributed by atoms with Crippen molar-refractivity contribution in [1.82, 2.24) is 5.32 Å². The van der Waals surface area contributed by atoms with Crippen LogP contribution in [0, 0.1) is 11.8 Å². The fourth-order valence-electron chi connectivity index (χ4n) is 1.05. The molecule has 1 rings (SSSR count). The number of carbonyl (C=O) groups excluding carboxylic acids is 2. The number of rotatable bonds is 3. The van der Waals surface area contributed by atoms with Crippen LogP contribution in [0.15, 0.2) is 30.3 Å². The maximum atomic E-state index is 11.5. The third kappa shape index (κ3) is 3.97. The van der Waals surface area contributed by atoms with Gasteiger partial charge in [0.15, 0.2) is 0 Å². The van der Waals surface area contributed by atoms with Gasteiger partial charge in [-0.15, -0.1) is 0 Å². The number of carbonyl (C=O) groups is 2. The Kier molecular flexibility index (Phi) is 4.81. The molecule has 0 saturated carbocycles. The van der Waals surface area contributed by atoms with Crippen molar-refractivity contribution in [2.75, 3.05) is 6.54 Å². The average molecular weight is 215 g/mol. The smallest absolute Gasteiger partial charge is 0.235 e. The molecule has 1 N–H and O–H groups in total. The van der Waals surface area contributed by atoms with Crippen LogP contribution in [0.25, 0.3) is 0 Å². The lowest BCUT2D eigenvalue weighted by atomic mass is 10.1. The van der Waals surface area contributed by atoms with Gasteiger partial charge in [-0.3, -0.25) is 9.59 Å². The van der Waals surface area contributed by atoms with Gasteiger partial charge in [-0.05, 0) is 5.92 Å². The van der Waals surface area contributed by atoms with Crippen LogP contribution in [0.3, 0.4) is 0 Å². The highest BCUT2D eigenvalue weighted by molar-refractivity contribution is 6.08. The SMILES string of the molecule is CCC(=O)NCC#CC(=O)c1ccccc1. The van der Waals surface area contributed by atoms with Crippen LogP contribution < -0.4 is 5.32 Å². The van der Waals surface area contributed by atoms with Gasteiger partial charge in [0.25, 0.3) is 0 Å². The molecule has 0 aromatic heterocycles. The minimum Gasteiger partial charge on any atom is -0.345 e. The Morgan fingerprint density at radius 1 is 1.25 bits per heavy atom. The third-order valence-corrected chi connectivity index (χ3v) is 1.93. The van der Waals surface area contributed by atoms with Crippen LogP contribution >= 0.6 is 0 Å². The van der Waals surface area contributed by atoms with Gasteiger partial charge in [-0.2, -0.15) is 0 Å². The zero-order chi connectivity index (χ0) is 11.8. The predicted octanol–water partition coefficient (Wildman–Crippen LogP) is 1.40. The minimum atomic E-state index is -0.230. The summed E-state index contributed by atoms with van der Waals surface area (Å²) in [4.78, 5) is 22.3. The summed E-state index contributed by atoms with van der Waals surface area (Å²) in [5.41, 5.74) is 0.566. The summed E-state index contributed by atoms with van der Waals surface area (Å²) in [6, 6.07) is 8.83. The Hall–Kier alpha value is -2.08. The fraction of sp³-hybridized carbons (Fsp3) is 0.231. The van der Waals surface area contributed by atoms with E-state index in [2.05, 4.69) is 17.2 Å². The maximum absolute atomic E-state index is 11.5. The lowest BCUT2D eigenvalue weighted by Crippen LogP contribution is -2.22. The highest BCUT2D eigenvalue weighted by Crippen LogP contribution is 1.98. The number of ketones is 1. The summed E-state index contributed by atoms with van der Waals surface area (Å²) in [5.74, 6) is 4.79. The Morgan fingerprint density at radius 3 is 2.56 bits per heavy atom. The van der Waals surface area contributed by atoms with Crippen molar-refractivity contribution in [3.8, 4) is 11.8 Å². The van der Waals surface area contributed by atoms with Gasteiger partial charge in [-0.1, -0.05) is 43.2 Å². The van der Waals surface area contributed by atoms with Crippen molar-refractivity contribution in [3.05, 3.63) is 35.9 Å². The molecule has 0 unspecified atom stereocenters. The van der Waals surface area contributed by atoms with Gasteiger partial charge in [0.2, 0.25) is 11.7 Å². The van der Waals surface area contributed by atoms with E-state index in [4.69, 9.17) is 0 Å². The number of nitrogens with one attached hydrogen (secondary N) is 1. The van der Waals surface area contributed by atoms with Crippen LogP contribution in [0.4, 0.5) is 0 Å². The van der Waals surface area contributed by atoms with E-state index in [0.717, 1.165) is 0 Å². The molecule has 0 bridgehead atoms. The molecule has 0 aliphatic carbocycles. The van der Waals surface area contributed by atoms with Crippen molar-refractivity contribution in [2.45, 2.75) is 13.3 Å². The summed E-state index contributed by atoms with van der Waals surface area (Å²) in [7, 11) is 0. The quantitative estimate of drug-likeness (QED) is 0.470. The fourth-order valence-corrected chi connectivity index (χ4v) is 1.05. The molecule has 3 nitrogen and oxygen atoms in total. The predicted molar refractivity (Wildman–Crippen MR) is 61.8 cm³/mol. The van der Waals surface area contributed by atoms with Crippen LogP contribution in [0.2, 0.25) is 0 Å². The normalized spacial score (nSPS) is 8.81. The molecule has 0 spiro atoms. The minimum absolute atomic E-state index is 0.0681. The van der Waals surface area contributed by atoms with Gasteiger partial charge in [0, 0.05) is 12.0 Å². The standard InChI is InChI=1S/C13H13NO2/c1-2-13(16)14-10-6-9-12(15)11-7-4-3-5-8-11/h3-5,7-8H,2,10H2,1H3,(H,14,16). The van der Waals surface area contributed by atoms with Crippen LogP contribution in [-0.4, -0.2) is 18.2 Å². The third-order valence-electron chi connectivity index (χ3n) is 1.93. The lowest BCUT2D eigenvalue weighted by Gasteiger charge is -1.95. The highest BCUT2D eigenvalue weighted by atomic mass is 16.1. The van der Waals surface area contributed by atoms with Crippen molar-refractivity contribution >= 4 is 11.7 Å². The maximum Gasteiger partial charge on any atom is 0.235 e. The van der Waals surface area contributed by atoms with E-state index in [-0.39, 0.29) is 18.2 Å². The molecule has 16 heavy (non-hydrogen) atoms. The van der Waals surface area contributed by atoms with E-state index < -0.39 is 0 Å². The molecule has 0 radical (unpaired) electrons. The summed E-state index contributed by atoms with van der Waals surface area (Å²) in [6.45, 7) is 1.98. The summed E-state index contributed by atoms with van der Waals surface area (Å²) in [6.07, 6.45) is 0.425. The second kappa shape index (κ2) is 6.41. The average Bonchev–Trinajstić information content (AvgIpc) is 2.35. The summed E-state index contributed by atoms with van der Waals surface area (Å²) >= 11 is 0. The van der Waals surface area contributed by atoms with Gasteiger partial charge < -0.3 is 5.32 Å². The van der Waals surface area contributed by atoms with Crippen molar-refractivity contribution in [1.29, 1.82) is 0 Å². The Morgan fingerprint density at radius 2 is 1.94 bits per heavy atom. The van der Waals surface area contributed by atoms with Gasteiger partial charge in [0.1, 0.15) is 0 Å². The molecule has 0 saturated heterocycles. The largest absolute Gasteiger partial charge is 0.345 e. The summed E-state index contributed by atoms with van der Waals surface area (Å²) < 4.78 is 0. The number of amides is 1. The van der Waals surface area contributed by atoms with E-state index >= 15 is 0 Å². The van der Waals surface area contributed by atoms with Crippen molar-refractivity contribution < 1.29 is 9.59 Å². The van der Waals surface area contributed by atoms with Gasteiger partial charge in [-0.25, -0.2) is 0 Å². The second-order valence-electron chi connectivity index (χ2n) is 3.13. The molecule has 82 valence electrons. The molecule has 1 amide bonds. The van der Waals surface area contributed by atoms with E-state index in [1.807, 2.05) is 6.07 Å². The molecule has 1 aromatic rings. The first-order valence-electron chi connectivity index (χ1n) is 5.09. The Labute approximate surface area is 94.9 Å². The molecule has 0 aliphatic rings. The number of Topliss-reactive ketones (excluding diaryl/α,β-unsaturated/α-hetero) is 1. The molecule has 0 aliphatic heterocycles. The van der Waals surface area contributed by atoms with Crippen molar-refractivity contribution in [2.24, 2.45) is 0 Å². The van der Waals surface area contributed by atoms with E-state index in [0.29, 0.717) is 12.0 Å². The second-order valence-corrected chi connectivity index (χ2v) is 3.13. The number of hydrogen-bond acceptors (Lipinski definition) is 2. The zero-order valence-electron chi connectivity index (χ0n) is 9.12. The molecule has 0 atom stereocenters. The van der Waals surface area contributed by atoms with E-state index in [1.54, 1.807) is 31.2 Å². The first-order valence-corrected chi connectivity index (χ1v) is 5.09. The molecule has 0 heterocycles. The number of benzene rings is 1. The molecular formula is C13H13NO2.